The highest BCUT2D eigenvalue weighted by Crippen LogP contribution is 2.24. The number of nitrogens with one attached hydrogen (secondary N) is 2. The number of rotatable bonds is 5. The molecule has 0 spiro atoms. The van der Waals surface area contributed by atoms with Gasteiger partial charge < -0.3 is 15.4 Å². The van der Waals surface area contributed by atoms with E-state index in [1.807, 2.05) is 30.5 Å². The Kier molecular flexibility index (Phi) is 5.74. The molecule has 1 rings (SSSR count). The van der Waals surface area contributed by atoms with Crippen LogP contribution in [0.5, 0.6) is 0 Å². The van der Waals surface area contributed by atoms with E-state index in [1.54, 1.807) is 18.9 Å². The summed E-state index contributed by atoms with van der Waals surface area (Å²) in [4.78, 5) is 12.5. The van der Waals surface area contributed by atoms with Crippen LogP contribution < -0.4 is 10.6 Å². The van der Waals surface area contributed by atoms with E-state index in [4.69, 9.17) is 4.74 Å². The van der Waals surface area contributed by atoms with Gasteiger partial charge in [0, 0.05) is 18.6 Å². The first-order valence-corrected chi connectivity index (χ1v) is 6.17. The third-order valence-electron chi connectivity index (χ3n) is 1.95. The average molecular weight is 240 g/mol. The number of anilines is 1. The molecule has 0 aliphatic carbocycles. The molecule has 0 radical (unpaired) electrons. The topological polar surface area (TPSA) is 50.4 Å². The van der Waals surface area contributed by atoms with Crippen molar-refractivity contribution in [3.8, 4) is 0 Å². The van der Waals surface area contributed by atoms with E-state index in [-0.39, 0.29) is 6.03 Å². The second kappa shape index (κ2) is 7.14. The first kappa shape index (κ1) is 12.9. The van der Waals surface area contributed by atoms with Crippen molar-refractivity contribution in [1.82, 2.24) is 5.32 Å². The van der Waals surface area contributed by atoms with Gasteiger partial charge in [0.15, 0.2) is 0 Å². The molecule has 4 nitrogen and oxygen atoms in total. The number of ether oxygens (including phenoxy) is 1. The molecule has 88 valence electrons. The molecule has 2 amide bonds. The van der Waals surface area contributed by atoms with Gasteiger partial charge in [-0.2, -0.15) is 0 Å². The van der Waals surface area contributed by atoms with E-state index in [1.165, 1.54) is 0 Å². The summed E-state index contributed by atoms with van der Waals surface area (Å²) in [5.74, 6) is 0. The third-order valence-corrected chi connectivity index (χ3v) is 2.74. The number of hydrogen-bond donors (Lipinski definition) is 2. The lowest BCUT2D eigenvalue weighted by molar-refractivity contribution is 0.198. The molecule has 0 saturated heterocycles. The van der Waals surface area contributed by atoms with Crippen molar-refractivity contribution < 1.29 is 9.53 Å². The zero-order valence-corrected chi connectivity index (χ0v) is 10.3. The Morgan fingerprint density at radius 3 is 2.88 bits per heavy atom. The minimum absolute atomic E-state index is 0.210. The predicted octanol–water partition coefficient (Wildman–Crippen LogP) is 2.18. The summed E-state index contributed by atoms with van der Waals surface area (Å²) in [6, 6.07) is 7.47. The number of methoxy groups -OCH3 is 1. The molecule has 2 N–H and O–H groups in total. The van der Waals surface area contributed by atoms with Gasteiger partial charge in [-0.15, -0.1) is 11.8 Å². The fourth-order valence-corrected chi connectivity index (χ4v) is 1.73. The Hall–Kier alpha value is -1.20. The van der Waals surface area contributed by atoms with Crippen LogP contribution in [0.4, 0.5) is 10.5 Å². The molecule has 5 heteroatoms. The third kappa shape index (κ3) is 4.12. The van der Waals surface area contributed by atoms with Crippen LogP contribution in [0.25, 0.3) is 0 Å². The predicted molar refractivity (Wildman–Crippen MR) is 67.1 cm³/mol. The highest BCUT2D eigenvalue weighted by Gasteiger charge is 2.04. The number of para-hydroxylation sites is 1. The second-order valence-corrected chi connectivity index (χ2v) is 3.92. The van der Waals surface area contributed by atoms with E-state index in [0.29, 0.717) is 13.2 Å². The number of urea groups is 1. The molecule has 0 aliphatic rings. The Balaban J connectivity index is 2.49. The summed E-state index contributed by atoms with van der Waals surface area (Å²) >= 11 is 1.60. The first-order chi connectivity index (χ1) is 7.77. The fraction of sp³-hybridized carbons (Fsp3) is 0.364. The minimum atomic E-state index is -0.210. The largest absolute Gasteiger partial charge is 0.383 e. The number of carbonyl (C=O) groups excluding carboxylic acids is 1. The van der Waals surface area contributed by atoms with Gasteiger partial charge in [-0.1, -0.05) is 12.1 Å². The minimum Gasteiger partial charge on any atom is -0.383 e. The molecular weight excluding hydrogens is 224 g/mol. The molecule has 0 aliphatic heterocycles. The maximum atomic E-state index is 11.5. The van der Waals surface area contributed by atoms with Crippen molar-refractivity contribution in [2.45, 2.75) is 4.90 Å². The zero-order valence-electron chi connectivity index (χ0n) is 9.45. The van der Waals surface area contributed by atoms with Gasteiger partial charge >= 0.3 is 6.03 Å². The molecule has 0 atom stereocenters. The van der Waals surface area contributed by atoms with Crippen molar-refractivity contribution in [2.75, 3.05) is 31.8 Å². The molecule has 0 bridgehead atoms. The fourth-order valence-electron chi connectivity index (χ4n) is 1.18. The number of hydrogen-bond acceptors (Lipinski definition) is 3. The smallest absolute Gasteiger partial charge is 0.319 e. The maximum absolute atomic E-state index is 11.5. The molecule has 0 saturated carbocycles. The highest BCUT2D eigenvalue weighted by atomic mass is 32.2. The van der Waals surface area contributed by atoms with Crippen molar-refractivity contribution in [3.63, 3.8) is 0 Å². The van der Waals surface area contributed by atoms with Crippen molar-refractivity contribution in [3.05, 3.63) is 24.3 Å². The summed E-state index contributed by atoms with van der Waals surface area (Å²) in [6.45, 7) is 1.02. The van der Waals surface area contributed by atoms with Gasteiger partial charge in [-0.25, -0.2) is 4.79 Å². The lowest BCUT2D eigenvalue weighted by Crippen LogP contribution is -2.31. The van der Waals surface area contributed by atoms with Crippen LogP contribution in [0.2, 0.25) is 0 Å². The van der Waals surface area contributed by atoms with E-state index < -0.39 is 0 Å². The van der Waals surface area contributed by atoms with Gasteiger partial charge in [0.05, 0.1) is 12.3 Å². The summed E-state index contributed by atoms with van der Waals surface area (Å²) in [7, 11) is 1.60. The Morgan fingerprint density at radius 2 is 2.19 bits per heavy atom. The quantitative estimate of drug-likeness (QED) is 0.612. The zero-order chi connectivity index (χ0) is 11.8. The number of amides is 2. The Morgan fingerprint density at radius 1 is 1.44 bits per heavy atom. The SMILES string of the molecule is COCCNC(=O)Nc1ccccc1SC. The van der Waals surface area contributed by atoms with Crippen LogP contribution in [-0.2, 0) is 4.74 Å². The van der Waals surface area contributed by atoms with Gasteiger partial charge in [0.25, 0.3) is 0 Å². The van der Waals surface area contributed by atoms with Crippen LogP contribution in [0.15, 0.2) is 29.2 Å². The average Bonchev–Trinajstić information content (AvgIpc) is 2.30. The van der Waals surface area contributed by atoms with Gasteiger partial charge in [-0.3, -0.25) is 0 Å². The van der Waals surface area contributed by atoms with Gasteiger partial charge in [0.2, 0.25) is 0 Å². The van der Waals surface area contributed by atoms with Crippen LogP contribution in [-0.4, -0.2) is 32.5 Å². The normalized spacial score (nSPS) is 9.88. The van der Waals surface area contributed by atoms with Crippen molar-refractivity contribution >= 4 is 23.5 Å². The van der Waals surface area contributed by atoms with Gasteiger partial charge in [-0.05, 0) is 18.4 Å². The molecule has 0 fully saturated rings. The van der Waals surface area contributed by atoms with E-state index >= 15 is 0 Å². The number of thioether (sulfide) groups is 1. The molecule has 0 unspecified atom stereocenters. The van der Waals surface area contributed by atoms with E-state index in [9.17, 15) is 4.79 Å². The summed E-state index contributed by atoms with van der Waals surface area (Å²) in [6.07, 6.45) is 1.98. The van der Waals surface area contributed by atoms with Crippen LogP contribution in [0.3, 0.4) is 0 Å². The lowest BCUT2D eigenvalue weighted by Gasteiger charge is -2.10. The summed E-state index contributed by atoms with van der Waals surface area (Å²) in [5.41, 5.74) is 0.824. The molecule has 1 aromatic rings. The van der Waals surface area contributed by atoms with Gasteiger partial charge in [0.1, 0.15) is 0 Å². The molecule has 0 aromatic heterocycles. The molecule has 16 heavy (non-hydrogen) atoms. The molecular formula is C11H16N2O2S. The molecule has 0 heterocycles. The number of benzene rings is 1. The highest BCUT2D eigenvalue weighted by molar-refractivity contribution is 7.98. The van der Waals surface area contributed by atoms with E-state index in [0.717, 1.165) is 10.6 Å². The van der Waals surface area contributed by atoms with Crippen LogP contribution >= 0.6 is 11.8 Å². The van der Waals surface area contributed by atoms with Crippen LogP contribution in [0, 0.1) is 0 Å². The standard InChI is InChI=1S/C11H16N2O2S/c1-15-8-7-12-11(14)13-9-5-3-4-6-10(9)16-2/h3-6H,7-8H2,1-2H3,(H2,12,13,14). The van der Waals surface area contributed by atoms with Crippen molar-refractivity contribution in [2.24, 2.45) is 0 Å². The summed E-state index contributed by atoms with van der Waals surface area (Å²) < 4.78 is 4.84. The van der Waals surface area contributed by atoms with Crippen LogP contribution in [0.1, 0.15) is 0 Å². The Bertz CT molecular complexity index is 345. The van der Waals surface area contributed by atoms with Crippen molar-refractivity contribution in [1.29, 1.82) is 0 Å². The lowest BCUT2D eigenvalue weighted by atomic mass is 10.3. The Labute approximate surface area is 99.8 Å². The monoisotopic (exact) mass is 240 g/mol. The number of carbonyl (C=O) groups is 1. The maximum Gasteiger partial charge on any atom is 0.319 e. The second-order valence-electron chi connectivity index (χ2n) is 3.07. The molecule has 1 aromatic carbocycles. The van der Waals surface area contributed by atoms with E-state index in [2.05, 4.69) is 10.6 Å². The first-order valence-electron chi connectivity index (χ1n) is 4.94. The summed E-state index contributed by atoms with van der Waals surface area (Å²) in [5, 5.41) is 5.49.